The number of hydrogen-bond acceptors (Lipinski definition) is 3. The summed E-state index contributed by atoms with van der Waals surface area (Å²) in [6.07, 6.45) is 0.0445. The van der Waals surface area contributed by atoms with Crippen molar-refractivity contribution in [3.63, 3.8) is 0 Å². The van der Waals surface area contributed by atoms with Gasteiger partial charge >= 0.3 is 12.1 Å². The number of carboxylic acids is 1. The lowest BCUT2D eigenvalue weighted by Crippen LogP contribution is -2.40. The Morgan fingerprint density at radius 2 is 1.86 bits per heavy atom. The van der Waals surface area contributed by atoms with E-state index in [2.05, 4.69) is 0 Å². The van der Waals surface area contributed by atoms with Crippen molar-refractivity contribution in [1.29, 1.82) is 0 Å². The average Bonchev–Trinajstić information content (AvgIpc) is 2.37. The third-order valence-electron chi connectivity index (χ3n) is 3.03. The molecule has 1 amide bonds. The molecule has 0 saturated heterocycles. The molecule has 1 unspecified atom stereocenters. The largest absolute Gasteiger partial charge is 0.479 e. The number of aryl methyl sites for hydroxylation is 1. The highest BCUT2D eigenvalue weighted by molar-refractivity contribution is 5.81. The molecule has 1 rings (SSSR count). The number of rotatable bonds is 4. The molecule has 0 fully saturated rings. The van der Waals surface area contributed by atoms with Crippen LogP contribution in [-0.4, -0.2) is 34.7 Å². The summed E-state index contributed by atoms with van der Waals surface area (Å²) in [6.45, 7) is 7.18. The van der Waals surface area contributed by atoms with E-state index in [1.807, 2.05) is 19.1 Å². The topological polar surface area (TPSA) is 66.8 Å². The van der Waals surface area contributed by atoms with E-state index in [4.69, 9.17) is 4.74 Å². The highest BCUT2D eigenvalue weighted by Gasteiger charge is 2.32. The Morgan fingerprint density at radius 1 is 1.29 bits per heavy atom. The predicted molar refractivity (Wildman–Crippen MR) is 80.2 cm³/mol. The van der Waals surface area contributed by atoms with Crippen LogP contribution in [0.5, 0.6) is 0 Å². The smallest absolute Gasteiger partial charge is 0.411 e. The maximum absolute atomic E-state index is 12.1. The van der Waals surface area contributed by atoms with Gasteiger partial charge in [-0.05, 0) is 38.3 Å². The molecule has 1 aromatic carbocycles. The van der Waals surface area contributed by atoms with Gasteiger partial charge in [-0.1, -0.05) is 31.2 Å². The van der Waals surface area contributed by atoms with Gasteiger partial charge in [0.25, 0.3) is 0 Å². The number of carbonyl (C=O) groups excluding carboxylic acids is 1. The van der Waals surface area contributed by atoms with Gasteiger partial charge in [-0.15, -0.1) is 0 Å². The number of likely N-dealkylation sites (N-methyl/N-ethyl adjacent to an activating group) is 1. The lowest BCUT2D eigenvalue weighted by atomic mass is 9.98. The summed E-state index contributed by atoms with van der Waals surface area (Å²) < 4.78 is 5.25. The van der Waals surface area contributed by atoms with Crippen LogP contribution in [0, 0.1) is 0 Å². The number of ether oxygens (including phenoxy) is 1. The molecule has 0 spiro atoms. The Bertz CT molecular complexity index is 519. The van der Waals surface area contributed by atoms with Crippen molar-refractivity contribution in [3.8, 4) is 0 Å². The zero-order valence-corrected chi connectivity index (χ0v) is 13.2. The summed E-state index contributed by atoms with van der Waals surface area (Å²) >= 11 is 0. The molecule has 0 heterocycles. The van der Waals surface area contributed by atoms with Crippen LogP contribution < -0.4 is 0 Å². The van der Waals surface area contributed by atoms with E-state index in [0.29, 0.717) is 12.0 Å². The predicted octanol–water partition coefficient (Wildman–Crippen LogP) is 3.24. The zero-order valence-electron chi connectivity index (χ0n) is 13.2. The Morgan fingerprint density at radius 3 is 2.33 bits per heavy atom. The number of amides is 1. The summed E-state index contributed by atoms with van der Waals surface area (Å²) in [7, 11) is 1.44. The van der Waals surface area contributed by atoms with Gasteiger partial charge in [0.15, 0.2) is 6.04 Å². The van der Waals surface area contributed by atoms with Crippen LogP contribution in [-0.2, 0) is 16.0 Å². The van der Waals surface area contributed by atoms with Crippen LogP contribution >= 0.6 is 0 Å². The van der Waals surface area contributed by atoms with Crippen molar-refractivity contribution in [2.75, 3.05) is 7.05 Å². The molecule has 21 heavy (non-hydrogen) atoms. The van der Waals surface area contributed by atoms with Crippen LogP contribution in [0.3, 0.4) is 0 Å². The highest BCUT2D eigenvalue weighted by Crippen LogP contribution is 2.25. The van der Waals surface area contributed by atoms with Gasteiger partial charge in [0, 0.05) is 7.05 Å². The number of nitrogens with zero attached hydrogens (tertiary/aromatic N) is 1. The van der Waals surface area contributed by atoms with Crippen molar-refractivity contribution >= 4 is 12.1 Å². The number of carboxylic acid groups (broad SMARTS) is 1. The molecule has 5 heteroatoms. The fraction of sp³-hybridized carbons (Fsp3) is 0.500. The van der Waals surface area contributed by atoms with E-state index in [-0.39, 0.29) is 0 Å². The summed E-state index contributed by atoms with van der Waals surface area (Å²) in [5.41, 5.74) is 0.847. The monoisotopic (exact) mass is 293 g/mol. The summed E-state index contributed by atoms with van der Waals surface area (Å²) in [5.74, 6) is -1.08. The summed E-state index contributed by atoms with van der Waals surface area (Å²) in [4.78, 5) is 24.9. The Kier molecular flexibility index (Phi) is 5.35. The molecule has 1 aromatic rings. The zero-order chi connectivity index (χ0) is 16.2. The molecule has 0 radical (unpaired) electrons. The number of aliphatic carboxylic acids is 1. The first-order valence-corrected chi connectivity index (χ1v) is 6.93. The van der Waals surface area contributed by atoms with Crippen LogP contribution in [0.1, 0.15) is 44.9 Å². The van der Waals surface area contributed by atoms with Gasteiger partial charge in [0.1, 0.15) is 5.60 Å². The highest BCUT2D eigenvalue weighted by atomic mass is 16.6. The van der Waals surface area contributed by atoms with Crippen LogP contribution in [0.15, 0.2) is 24.3 Å². The van der Waals surface area contributed by atoms with Crippen molar-refractivity contribution in [2.45, 2.75) is 45.8 Å². The van der Waals surface area contributed by atoms with Crippen molar-refractivity contribution in [3.05, 3.63) is 35.4 Å². The number of carbonyl (C=O) groups is 2. The molecule has 0 aliphatic carbocycles. The minimum absolute atomic E-state index is 0.612. The minimum atomic E-state index is -1.08. The second-order valence-corrected chi connectivity index (χ2v) is 5.88. The van der Waals surface area contributed by atoms with E-state index in [1.165, 1.54) is 7.05 Å². The molecule has 0 aromatic heterocycles. The van der Waals surface area contributed by atoms with Crippen molar-refractivity contribution < 1.29 is 19.4 Å². The standard InChI is InChI=1S/C16H23NO4/c1-6-11-9-7-8-10-12(11)13(14(18)19)17(5)15(20)21-16(2,3)4/h7-10,13H,6H2,1-5H3,(H,18,19). The van der Waals surface area contributed by atoms with Crippen molar-refractivity contribution in [2.24, 2.45) is 0 Å². The normalized spacial score (nSPS) is 12.6. The second kappa shape index (κ2) is 6.61. The second-order valence-electron chi connectivity index (χ2n) is 5.88. The SMILES string of the molecule is CCc1ccccc1C(C(=O)O)N(C)C(=O)OC(C)(C)C. The van der Waals surface area contributed by atoms with E-state index in [1.54, 1.807) is 32.9 Å². The van der Waals surface area contributed by atoms with Gasteiger partial charge < -0.3 is 9.84 Å². The van der Waals surface area contributed by atoms with Gasteiger partial charge in [-0.2, -0.15) is 0 Å². The Balaban J connectivity index is 3.12. The van der Waals surface area contributed by atoms with E-state index < -0.39 is 23.7 Å². The maximum atomic E-state index is 12.1. The molecule has 0 saturated carbocycles. The average molecular weight is 293 g/mol. The van der Waals surface area contributed by atoms with Crippen molar-refractivity contribution in [1.82, 2.24) is 4.90 Å². The molecule has 5 nitrogen and oxygen atoms in total. The molecule has 1 N–H and O–H groups in total. The third-order valence-corrected chi connectivity index (χ3v) is 3.03. The molecule has 0 bridgehead atoms. The molecule has 116 valence electrons. The van der Waals surface area contributed by atoms with E-state index >= 15 is 0 Å². The van der Waals surface area contributed by atoms with E-state index in [0.717, 1.165) is 10.5 Å². The first-order chi connectivity index (χ1) is 9.67. The van der Waals surface area contributed by atoms with Gasteiger partial charge in [-0.25, -0.2) is 9.59 Å². The van der Waals surface area contributed by atoms with Crippen LogP contribution in [0.25, 0.3) is 0 Å². The fourth-order valence-corrected chi connectivity index (χ4v) is 2.07. The van der Waals surface area contributed by atoms with Gasteiger partial charge in [0.05, 0.1) is 0 Å². The summed E-state index contributed by atoms with van der Waals surface area (Å²) in [5, 5.41) is 9.51. The Hall–Kier alpha value is -2.04. The molecular formula is C16H23NO4. The molecule has 0 aliphatic rings. The molecule has 1 atom stereocenters. The maximum Gasteiger partial charge on any atom is 0.411 e. The number of hydrogen-bond donors (Lipinski definition) is 1. The van der Waals surface area contributed by atoms with Gasteiger partial charge in [-0.3, -0.25) is 4.90 Å². The number of benzene rings is 1. The molecular weight excluding hydrogens is 270 g/mol. The van der Waals surface area contributed by atoms with Crippen LogP contribution in [0.2, 0.25) is 0 Å². The third kappa shape index (κ3) is 4.48. The Labute approximate surface area is 125 Å². The van der Waals surface area contributed by atoms with Gasteiger partial charge in [0.2, 0.25) is 0 Å². The minimum Gasteiger partial charge on any atom is -0.479 e. The summed E-state index contributed by atoms with van der Waals surface area (Å²) in [6, 6.07) is 6.17. The van der Waals surface area contributed by atoms with Crippen LogP contribution in [0.4, 0.5) is 4.79 Å². The first-order valence-electron chi connectivity index (χ1n) is 6.93. The fourth-order valence-electron chi connectivity index (χ4n) is 2.07. The van der Waals surface area contributed by atoms with E-state index in [9.17, 15) is 14.7 Å². The molecule has 0 aliphatic heterocycles. The quantitative estimate of drug-likeness (QED) is 0.925. The lowest BCUT2D eigenvalue weighted by Gasteiger charge is -2.29. The first kappa shape index (κ1) is 17.0. The lowest BCUT2D eigenvalue weighted by molar-refractivity contribution is -0.143.